The van der Waals surface area contributed by atoms with Gasteiger partial charge < -0.3 is 4.90 Å². The highest BCUT2D eigenvalue weighted by molar-refractivity contribution is 7.85. The summed E-state index contributed by atoms with van der Waals surface area (Å²) in [6, 6.07) is 7.36. The van der Waals surface area contributed by atoms with Crippen LogP contribution in [0.3, 0.4) is 0 Å². The number of amides is 1. The standard InChI is InChI=1S/C18H21N7O2S/c1-13-5-7-17(21-20-13)23(2)28(27)22-18(26)15-11-19-16-8-6-14(12-25(15)16)24-9-3-4-10-24/h5-8,11-12H,3-4,9-10H2,1-2H3,(H,22,26). The van der Waals surface area contributed by atoms with Crippen molar-refractivity contribution in [3.05, 3.63) is 48.0 Å². The Bertz CT molecular complexity index is 1030. The molecule has 3 aromatic rings. The average molecular weight is 399 g/mol. The van der Waals surface area contributed by atoms with E-state index in [0.717, 1.165) is 24.5 Å². The third-order valence-corrected chi connectivity index (χ3v) is 5.77. The number of aryl methyl sites for hydroxylation is 1. The molecular formula is C18H21N7O2S. The average Bonchev–Trinajstić information content (AvgIpc) is 3.37. The minimum Gasteiger partial charge on any atom is -0.370 e. The van der Waals surface area contributed by atoms with Gasteiger partial charge in [0.15, 0.2) is 5.82 Å². The number of pyridine rings is 1. The highest BCUT2D eigenvalue weighted by Gasteiger charge is 2.19. The Kier molecular flexibility index (Phi) is 4.95. The normalized spacial score (nSPS) is 15.0. The number of nitrogens with one attached hydrogen (secondary N) is 1. The van der Waals surface area contributed by atoms with Crippen molar-refractivity contribution >= 4 is 34.2 Å². The first-order valence-electron chi connectivity index (χ1n) is 9.02. The third-order valence-electron chi connectivity index (χ3n) is 4.73. The highest BCUT2D eigenvalue weighted by atomic mass is 32.2. The fourth-order valence-electron chi connectivity index (χ4n) is 3.14. The van der Waals surface area contributed by atoms with Crippen LogP contribution in [0, 0.1) is 6.92 Å². The zero-order valence-electron chi connectivity index (χ0n) is 15.7. The number of carbonyl (C=O) groups excluding carboxylic acids is 1. The van der Waals surface area contributed by atoms with E-state index < -0.39 is 17.1 Å². The molecule has 4 heterocycles. The van der Waals surface area contributed by atoms with Crippen LogP contribution < -0.4 is 13.9 Å². The monoisotopic (exact) mass is 399 g/mol. The summed E-state index contributed by atoms with van der Waals surface area (Å²) in [7, 11) is 1.58. The Labute approximate surface area is 165 Å². The zero-order valence-corrected chi connectivity index (χ0v) is 16.5. The Balaban J connectivity index is 1.54. The molecule has 10 heteroatoms. The molecule has 1 saturated heterocycles. The van der Waals surface area contributed by atoms with Crippen LogP contribution in [0.5, 0.6) is 0 Å². The first-order chi connectivity index (χ1) is 13.5. The molecule has 3 aromatic heterocycles. The summed E-state index contributed by atoms with van der Waals surface area (Å²) in [5, 5.41) is 7.93. The van der Waals surface area contributed by atoms with Gasteiger partial charge in [-0.3, -0.25) is 18.2 Å². The predicted molar refractivity (Wildman–Crippen MR) is 107 cm³/mol. The fraction of sp³-hybridized carbons (Fsp3) is 0.333. The van der Waals surface area contributed by atoms with E-state index in [4.69, 9.17) is 0 Å². The maximum absolute atomic E-state index is 12.7. The topological polar surface area (TPSA) is 95.7 Å². The molecule has 0 bridgehead atoms. The number of aromatic nitrogens is 4. The number of nitrogens with zero attached hydrogens (tertiary/aromatic N) is 6. The van der Waals surface area contributed by atoms with Crippen LogP contribution in [0.2, 0.25) is 0 Å². The van der Waals surface area contributed by atoms with Gasteiger partial charge in [0, 0.05) is 26.3 Å². The molecule has 1 fully saturated rings. The second kappa shape index (κ2) is 7.55. The van der Waals surface area contributed by atoms with E-state index in [0.29, 0.717) is 17.2 Å². The van der Waals surface area contributed by atoms with Crippen LogP contribution >= 0.6 is 0 Å². The molecule has 1 unspecified atom stereocenters. The van der Waals surface area contributed by atoms with Crippen molar-refractivity contribution in [3.8, 4) is 0 Å². The summed E-state index contributed by atoms with van der Waals surface area (Å²) >= 11 is -1.81. The Morgan fingerprint density at radius 1 is 1.18 bits per heavy atom. The van der Waals surface area contributed by atoms with E-state index in [9.17, 15) is 9.00 Å². The van der Waals surface area contributed by atoms with Crippen LogP contribution in [0.25, 0.3) is 5.65 Å². The highest BCUT2D eigenvalue weighted by Crippen LogP contribution is 2.21. The van der Waals surface area contributed by atoms with Crippen LogP contribution in [-0.4, -0.2) is 49.8 Å². The number of carbonyl (C=O) groups is 1. The van der Waals surface area contributed by atoms with Gasteiger partial charge in [-0.1, -0.05) is 0 Å². The van der Waals surface area contributed by atoms with Crippen molar-refractivity contribution in [2.45, 2.75) is 19.8 Å². The smallest absolute Gasteiger partial charge is 0.282 e. The molecule has 0 aromatic carbocycles. The molecule has 0 spiro atoms. The number of hydrogen-bond acceptors (Lipinski definition) is 6. The van der Waals surface area contributed by atoms with Gasteiger partial charge in [-0.2, -0.15) is 5.10 Å². The fourth-order valence-corrected chi connectivity index (χ4v) is 3.81. The van der Waals surface area contributed by atoms with Gasteiger partial charge in [-0.05, 0) is 44.0 Å². The summed E-state index contributed by atoms with van der Waals surface area (Å²) in [6.07, 6.45) is 5.73. The van der Waals surface area contributed by atoms with Gasteiger partial charge in [0.2, 0.25) is 11.2 Å². The van der Waals surface area contributed by atoms with Crippen molar-refractivity contribution in [3.63, 3.8) is 0 Å². The summed E-state index contributed by atoms with van der Waals surface area (Å²) in [6.45, 7) is 3.83. The van der Waals surface area contributed by atoms with Crippen molar-refractivity contribution in [2.75, 3.05) is 29.3 Å². The quantitative estimate of drug-likeness (QED) is 0.698. The first-order valence-corrected chi connectivity index (χ1v) is 10.1. The largest absolute Gasteiger partial charge is 0.370 e. The lowest BCUT2D eigenvalue weighted by Crippen LogP contribution is -2.37. The van der Waals surface area contributed by atoms with Crippen molar-refractivity contribution < 1.29 is 9.00 Å². The lowest BCUT2D eigenvalue weighted by atomic mass is 10.3. The zero-order chi connectivity index (χ0) is 19.7. The molecule has 28 heavy (non-hydrogen) atoms. The Morgan fingerprint density at radius 2 is 1.96 bits per heavy atom. The van der Waals surface area contributed by atoms with E-state index in [-0.39, 0.29) is 0 Å². The lowest BCUT2D eigenvalue weighted by molar-refractivity contribution is 0.0977. The van der Waals surface area contributed by atoms with Crippen molar-refractivity contribution in [2.24, 2.45) is 0 Å². The van der Waals surface area contributed by atoms with Gasteiger partial charge in [0.05, 0.1) is 17.6 Å². The Hall–Kier alpha value is -3.01. The molecule has 9 nitrogen and oxygen atoms in total. The van der Waals surface area contributed by atoms with E-state index in [1.807, 2.05) is 25.3 Å². The molecule has 1 aliphatic rings. The number of fused-ring (bicyclic) bond motifs is 1. The van der Waals surface area contributed by atoms with Gasteiger partial charge in [-0.25, -0.2) is 9.19 Å². The van der Waals surface area contributed by atoms with Crippen LogP contribution in [0.4, 0.5) is 11.5 Å². The molecule has 4 rings (SSSR count). The van der Waals surface area contributed by atoms with E-state index in [2.05, 4.69) is 24.8 Å². The van der Waals surface area contributed by atoms with Gasteiger partial charge in [0.25, 0.3) is 5.91 Å². The number of rotatable bonds is 5. The van der Waals surface area contributed by atoms with Crippen LogP contribution in [0.15, 0.2) is 36.7 Å². The molecule has 1 atom stereocenters. The summed E-state index contributed by atoms with van der Waals surface area (Å²) in [5.74, 6) is -0.0741. The van der Waals surface area contributed by atoms with Crippen molar-refractivity contribution in [1.82, 2.24) is 24.3 Å². The second-order valence-electron chi connectivity index (χ2n) is 6.66. The van der Waals surface area contributed by atoms with E-state index in [1.165, 1.54) is 23.3 Å². The third kappa shape index (κ3) is 3.55. The van der Waals surface area contributed by atoms with E-state index in [1.54, 1.807) is 23.6 Å². The van der Waals surface area contributed by atoms with Gasteiger partial charge in [0.1, 0.15) is 11.3 Å². The molecule has 1 amide bonds. The number of anilines is 2. The summed E-state index contributed by atoms with van der Waals surface area (Å²) in [4.78, 5) is 19.3. The molecule has 0 aliphatic carbocycles. The second-order valence-corrected chi connectivity index (χ2v) is 7.91. The number of imidazole rings is 1. The predicted octanol–water partition coefficient (Wildman–Crippen LogP) is 1.48. The maximum Gasteiger partial charge on any atom is 0.282 e. The minimum absolute atomic E-state index is 0.327. The molecule has 1 N–H and O–H groups in total. The van der Waals surface area contributed by atoms with Crippen LogP contribution in [-0.2, 0) is 11.2 Å². The first kappa shape index (κ1) is 18.4. The number of hydrogen-bond donors (Lipinski definition) is 1. The molecule has 146 valence electrons. The molecular weight excluding hydrogens is 378 g/mol. The van der Waals surface area contributed by atoms with Gasteiger partial charge in [-0.15, -0.1) is 5.10 Å². The lowest BCUT2D eigenvalue weighted by Gasteiger charge is -2.18. The minimum atomic E-state index is -1.81. The van der Waals surface area contributed by atoms with Gasteiger partial charge >= 0.3 is 0 Å². The molecule has 0 saturated carbocycles. The molecule has 0 radical (unpaired) electrons. The SMILES string of the molecule is Cc1ccc(N(C)S(=O)NC(=O)c2cnc3ccc(N4CCCC4)cn23)nn1. The van der Waals surface area contributed by atoms with Crippen LogP contribution in [0.1, 0.15) is 29.0 Å². The maximum atomic E-state index is 12.7. The summed E-state index contributed by atoms with van der Waals surface area (Å²) in [5.41, 5.74) is 2.79. The summed E-state index contributed by atoms with van der Waals surface area (Å²) < 4.78 is 18.1. The van der Waals surface area contributed by atoms with E-state index >= 15 is 0 Å². The van der Waals surface area contributed by atoms with Crippen molar-refractivity contribution in [1.29, 1.82) is 0 Å². The molecule has 1 aliphatic heterocycles. The Morgan fingerprint density at radius 3 is 2.68 bits per heavy atom.